The van der Waals surface area contributed by atoms with Crippen LogP contribution in [0.15, 0.2) is 104 Å². The molecule has 0 fully saturated rings. The van der Waals surface area contributed by atoms with E-state index in [2.05, 4.69) is 20.5 Å². The van der Waals surface area contributed by atoms with Gasteiger partial charge in [0, 0.05) is 40.2 Å². The van der Waals surface area contributed by atoms with E-state index in [1.807, 2.05) is 77.5 Å². The summed E-state index contributed by atoms with van der Waals surface area (Å²) < 4.78 is 6.60. The minimum absolute atomic E-state index is 0.173. The maximum atomic E-state index is 13.3. The summed E-state index contributed by atoms with van der Waals surface area (Å²) in [5, 5.41) is 12.3. The Labute approximate surface area is 259 Å². The van der Waals surface area contributed by atoms with Crippen LogP contribution in [0.4, 0.5) is 0 Å². The van der Waals surface area contributed by atoms with E-state index in [1.165, 1.54) is 13.2 Å². The molecule has 0 saturated carbocycles. The molecule has 10 heteroatoms. The number of imidazole rings is 1. The Hall–Kier alpha value is -4.79. The summed E-state index contributed by atoms with van der Waals surface area (Å²) >= 11 is 12.8. The maximum absolute atomic E-state index is 13.3. The Morgan fingerprint density at radius 2 is 1.77 bits per heavy atom. The lowest BCUT2D eigenvalue weighted by molar-refractivity contribution is -0.139. The Balaban J connectivity index is 1.42. The number of halogens is 2. The molecule has 1 amide bonds. The molecule has 43 heavy (non-hydrogen) atoms. The number of esters is 1. The summed E-state index contributed by atoms with van der Waals surface area (Å²) in [5.41, 5.74) is 5.40. The molecular formula is C33H27Cl2N5O3. The maximum Gasteiger partial charge on any atom is 0.309 e. The van der Waals surface area contributed by atoms with Crippen LogP contribution in [-0.4, -0.2) is 38.7 Å². The molecule has 0 radical (unpaired) electrons. The first kappa shape index (κ1) is 29.7. The number of nitrogens with zero attached hydrogens (tertiary/aromatic N) is 4. The zero-order valence-corrected chi connectivity index (χ0v) is 24.7. The molecule has 1 N–H and O–H groups in total. The van der Waals surface area contributed by atoms with Crippen molar-refractivity contribution in [1.29, 1.82) is 0 Å². The van der Waals surface area contributed by atoms with E-state index in [9.17, 15) is 9.59 Å². The van der Waals surface area contributed by atoms with Crippen LogP contribution in [0.3, 0.4) is 0 Å². The van der Waals surface area contributed by atoms with Crippen molar-refractivity contribution in [3.05, 3.63) is 136 Å². The molecule has 0 saturated heterocycles. The van der Waals surface area contributed by atoms with Gasteiger partial charge in [0.15, 0.2) is 5.15 Å². The largest absolute Gasteiger partial charge is 0.469 e. The molecule has 0 bridgehead atoms. The van der Waals surface area contributed by atoms with Gasteiger partial charge in [0.05, 0.1) is 37.3 Å². The van der Waals surface area contributed by atoms with Gasteiger partial charge >= 0.3 is 5.97 Å². The van der Waals surface area contributed by atoms with E-state index in [0.29, 0.717) is 22.7 Å². The van der Waals surface area contributed by atoms with E-state index in [4.69, 9.17) is 27.9 Å². The molecular weight excluding hydrogens is 585 g/mol. The number of carbonyl (C=O) groups excluding carboxylic acids is 2. The summed E-state index contributed by atoms with van der Waals surface area (Å²) in [7, 11) is 1.36. The third kappa shape index (κ3) is 7.74. The molecule has 216 valence electrons. The third-order valence-electron chi connectivity index (χ3n) is 6.76. The Bertz CT molecular complexity index is 1740. The first-order valence-corrected chi connectivity index (χ1v) is 14.1. The number of hydrogen-bond donors (Lipinski definition) is 1. The van der Waals surface area contributed by atoms with Crippen LogP contribution in [0, 0.1) is 0 Å². The van der Waals surface area contributed by atoms with Crippen molar-refractivity contribution < 1.29 is 14.3 Å². The van der Waals surface area contributed by atoms with Gasteiger partial charge in [-0.2, -0.15) is 0 Å². The van der Waals surface area contributed by atoms with E-state index in [0.717, 1.165) is 27.9 Å². The second kappa shape index (κ2) is 13.9. The topological polar surface area (TPSA) is 99.0 Å². The highest BCUT2D eigenvalue weighted by Crippen LogP contribution is 2.29. The van der Waals surface area contributed by atoms with E-state index < -0.39 is 6.04 Å². The number of benzene rings is 3. The predicted molar refractivity (Wildman–Crippen MR) is 167 cm³/mol. The molecule has 1 atom stereocenters. The highest BCUT2D eigenvalue weighted by Gasteiger charge is 2.20. The van der Waals surface area contributed by atoms with Gasteiger partial charge in [-0.1, -0.05) is 77.8 Å². The fourth-order valence-corrected chi connectivity index (χ4v) is 4.98. The summed E-state index contributed by atoms with van der Waals surface area (Å²) in [5.74, 6) is -0.637. The normalized spacial score (nSPS) is 11.8. The number of nitrogens with one attached hydrogen (secondary N) is 1. The quantitative estimate of drug-likeness (QED) is 0.144. The van der Waals surface area contributed by atoms with Gasteiger partial charge in [-0.25, -0.2) is 4.98 Å². The van der Waals surface area contributed by atoms with Gasteiger partial charge < -0.3 is 14.6 Å². The fraction of sp³-hybridized carbons (Fsp3) is 0.121. The van der Waals surface area contributed by atoms with Crippen LogP contribution in [-0.2, 0) is 27.2 Å². The van der Waals surface area contributed by atoms with Gasteiger partial charge in [0.1, 0.15) is 0 Å². The van der Waals surface area contributed by atoms with Crippen molar-refractivity contribution >= 4 is 41.2 Å². The van der Waals surface area contributed by atoms with Crippen LogP contribution < -0.4 is 5.32 Å². The Morgan fingerprint density at radius 3 is 2.49 bits per heavy atom. The lowest BCUT2D eigenvalue weighted by Gasteiger charge is -2.20. The molecule has 5 rings (SSSR count). The fourth-order valence-electron chi connectivity index (χ4n) is 4.58. The van der Waals surface area contributed by atoms with E-state index in [-0.39, 0.29) is 23.5 Å². The van der Waals surface area contributed by atoms with Crippen molar-refractivity contribution in [3.63, 3.8) is 0 Å². The van der Waals surface area contributed by atoms with E-state index >= 15 is 0 Å². The standard InChI is InChI=1S/C33H27Cl2N5O3/c1-43-32(42)18-23-7-9-24(10-8-23)28-20-27(33(35)39-38-28)29(17-22-5-3-2-4-6-22)37-31(41)14-11-25-19-26(34)12-13-30(25)40-16-15-36-21-40/h2-16,19-21,29H,17-18H2,1H3,(H,37,41)/b14-11+. The number of ether oxygens (including phenoxy) is 1. The van der Waals surface area contributed by atoms with Crippen molar-refractivity contribution in [2.75, 3.05) is 7.11 Å². The van der Waals surface area contributed by atoms with Crippen molar-refractivity contribution in [1.82, 2.24) is 25.1 Å². The van der Waals surface area contributed by atoms with Gasteiger partial charge in [0.2, 0.25) is 5.91 Å². The van der Waals surface area contributed by atoms with Crippen LogP contribution in [0.5, 0.6) is 0 Å². The second-order valence-electron chi connectivity index (χ2n) is 9.68. The predicted octanol–water partition coefficient (Wildman–Crippen LogP) is 6.47. The summed E-state index contributed by atoms with van der Waals surface area (Å²) in [6.07, 6.45) is 9.00. The van der Waals surface area contributed by atoms with Crippen LogP contribution >= 0.6 is 23.2 Å². The Morgan fingerprint density at radius 1 is 0.977 bits per heavy atom. The van der Waals surface area contributed by atoms with Crippen LogP contribution in [0.1, 0.15) is 28.3 Å². The minimum Gasteiger partial charge on any atom is -0.469 e. The smallest absolute Gasteiger partial charge is 0.309 e. The van der Waals surface area contributed by atoms with Gasteiger partial charge in [-0.15, -0.1) is 10.2 Å². The first-order valence-electron chi connectivity index (χ1n) is 13.4. The van der Waals surface area contributed by atoms with Gasteiger partial charge in [-0.3, -0.25) is 9.59 Å². The highest BCUT2D eigenvalue weighted by atomic mass is 35.5. The number of carbonyl (C=O) groups is 2. The number of methoxy groups -OCH3 is 1. The first-order chi connectivity index (χ1) is 20.9. The highest BCUT2D eigenvalue weighted by molar-refractivity contribution is 6.31. The van der Waals surface area contributed by atoms with Crippen molar-refractivity contribution in [3.8, 4) is 16.9 Å². The molecule has 1 unspecified atom stereocenters. The zero-order chi connectivity index (χ0) is 30.2. The summed E-state index contributed by atoms with van der Waals surface area (Å²) in [4.78, 5) is 29.1. The van der Waals surface area contributed by atoms with Crippen molar-refractivity contribution in [2.45, 2.75) is 18.9 Å². The number of aromatic nitrogens is 4. The van der Waals surface area contributed by atoms with Crippen LogP contribution in [0.25, 0.3) is 23.0 Å². The molecule has 2 heterocycles. The SMILES string of the molecule is COC(=O)Cc1ccc(-c2cc(C(Cc3ccccc3)NC(=O)/C=C/c3cc(Cl)ccc3-n3ccnc3)c(Cl)nn2)cc1. The molecule has 2 aromatic heterocycles. The second-order valence-corrected chi connectivity index (χ2v) is 10.5. The third-order valence-corrected chi connectivity index (χ3v) is 7.29. The molecule has 0 aliphatic rings. The van der Waals surface area contributed by atoms with Crippen molar-refractivity contribution in [2.24, 2.45) is 0 Å². The average molecular weight is 613 g/mol. The molecule has 0 aliphatic carbocycles. The minimum atomic E-state index is -0.507. The number of rotatable bonds is 10. The molecule has 0 aliphatic heterocycles. The summed E-state index contributed by atoms with van der Waals surface area (Å²) in [6.45, 7) is 0. The lowest BCUT2D eigenvalue weighted by Crippen LogP contribution is -2.29. The monoisotopic (exact) mass is 611 g/mol. The van der Waals surface area contributed by atoms with E-state index in [1.54, 1.807) is 30.7 Å². The lowest BCUT2D eigenvalue weighted by atomic mass is 9.98. The zero-order valence-electron chi connectivity index (χ0n) is 23.2. The molecule has 5 aromatic rings. The summed E-state index contributed by atoms with van der Waals surface area (Å²) in [6, 6.07) is 23.9. The van der Waals surface area contributed by atoms with Gasteiger partial charge in [0.25, 0.3) is 0 Å². The van der Waals surface area contributed by atoms with Gasteiger partial charge in [-0.05, 0) is 47.9 Å². The molecule has 8 nitrogen and oxygen atoms in total. The van der Waals surface area contributed by atoms with Crippen LogP contribution in [0.2, 0.25) is 10.2 Å². The number of amides is 1. The Kier molecular flexibility index (Phi) is 9.61. The molecule has 0 spiro atoms. The number of hydrogen-bond acceptors (Lipinski definition) is 6. The average Bonchev–Trinajstić information content (AvgIpc) is 3.56. The molecule has 3 aromatic carbocycles.